The Morgan fingerprint density at radius 3 is 2.73 bits per heavy atom. The molecule has 0 saturated heterocycles. The van der Waals surface area contributed by atoms with Crippen LogP contribution in [0.3, 0.4) is 0 Å². The molecule has 0 aliphatic rings. The molecule has 2 N–H and O–H groups in total. The average molecular weight is 374 g/mol. The first-order valence-corrected chi connectivity index (χ1v) is 9.13. The predicted octanol–water partition coefficient (Wildman–Crippen LogP) is 3.80. The second-order valence-electron chi connectivity index (χ2n) is 7.18. The van der Waals surface area contributed by atoms with E-state index in [9.17, 15) is 4.79 Å². The molecular formula is C20H24ClN3O2. The first kappa shape index (κ1) is 18.7. The summed E-state index contributed by atoms with van der Waals surface area (Å²) < 4.78 is 7.47. The Balaban J connectivity index is 2.10. The van der Waals surface area contributed by atoms with E-state index in [0.717, 1.165) is 22.7 Å². The SMILES string of the molecule is Cc1nccc2c1c(=O)n(C)c1cc(OCC(N)CC(C)C)c(Cl)cc21. The highest BCUT2D eigenvalue weighted by Gasteiger charge is 2.15. The topological polar surface area (TPSA) is 70.1 Å². The molecule has 26 heavy (non-hydrogen) atoms. The van der Waals surface area contributed by atoms with Gasteiger partial charge in [0, 0.05) is 30.7 Å². The van der Waals surface area contributed by atoms with Gasteiger partial charge in [-0.25, -0.2) is 0 Å². The zero-order valence-corrected chi connectivity index (χ0v) is 16.3. The molecule has 0 aliphatic heterocycles. The van der Waals surface area contributed by atoms with E-state index in [2.05, 4.69) is 18.8 Å². The van der Waals surface area contributed by atoms with Crippen LogP contribution in [0.2, 0.25) is 5.02 Å². The maximum absolute atomic E-state index is 12.8. The largest absolute Gasteiger partial charge is 0.490 e. The molecule has 2 aromatic heterocycles. The Labute approximate surface area is 157 Å². The van der Waals surface area contributed by atoms with Crippen LogP contribution >= 0.6 is 11.6 Å². The molecule has 3 aromatic rings. The summed E-state index contributed by atoms with van der Waals surface area (Å²) in [6, 6.07) is 5.45. The lowest BCUT2D eigenvalue weighted by atomic mass is 10.0. The number of benzene rings is 1. The lowest BCUT2D eigenvalue weighted by Gasteiger charge is -2.17. The van der Waals surface area contributed by atoms with Gasteiger partial charge in [0.25, 0.3) is 5.56 Å². The van der Waals surface area contributed by atoms with E-state index >= 15 is 0 Å². The minimum atomic E-state index is -0.0807. The fraction of sp³-hybridized carbons (Fsp3) is 0.400. The van der Waals surface area contributed by atoms with Gasteiger partial charge < -0.3 is 15.0 Å². The maximum atomic E-state index is 12.8. The minimum Gasteiger partial charge on any atom is -0.490 e. The van der Waals surface area contributed by atoms with Crippen LogP contribution in [0, 0.1) is 12.8 Å². The summed E-state index contributed by atoms with van der Waals surface area (Å²) in [5, 5.41) is 2.87. The normalized spacial score (nSPS) is 12.9. The van der Waals surface area contributed by atoms with Crippen LogP contribution < -0.4 is 16.0 Å². The van der Waals surface area contributed by atoms with Crippen LogP contribution in [0.4, 0.5) is 0 Å². The summed E-state index contributed by atoms with van der Waals surface area (Å²) in [5.41, 5.74) is 7.50. The number of nitrogens with two attached hydrogens (primary N) is 1. The smallest absolute Gasteiger partial charge is 0.260 e. The van der Waals surface area contributed by atoms with Gasteiger partial charge >= 0.3 is 0 Å². The van der Waals surface area contributed by atoms with Crippen LogP contribution in [0.25, 0.3) is 21.7 Å². The number of hydrogen-bond donors (Lipinski definition) is 1. The number of pyridine rings is 2. The number of aryl methyl sites for hydroxylation is 2. The van der Waals surface area contributed by atoms with Crippen molar-refractivity contribution in [3.05, 3.63) is 45.5 Å². The second kappa shape index (κ2) is 7.25. The Bertz CT molecular complexity index is 1030. The van der Waals surface area contributed by atoms with Gasteiger partial charge in [-0.05, 0) is 36.8 Å². The van der Waals surface area contributed by atoms with E-state index in [1.165, 1.54) is 0 Å². The van der Waals surface area contributed by atoms with Crippen molar-refractivity contribution in [3.8, 4) is 5.75 Å². The Hall–Kier alpha value is -2.11. The number of ether oxygens (including phenoxy) is 1. The first-order valence-electron chi connectivity index (χ1n) is 8.75. The van der Waals surface area contributed by atoms with Crippen molar-refractivity contribution in [2.75, 3.05) is 6.61 Å². The summed E-state index contributed by atoms with van der Waals surface area (Å²) in [4.78, 5) is 17.0. The highest BCUT2D eigenvalue weighted by atomic mass is 35.5. The maximum Gasteiger partial charge on any atom is 0.260 e. The van der Waals surface area contributed by atoms with E-state index in [0.29, 0.717) is 34.4 Å². The highest BCUT2D eigenvalue weighted by molar-refractivity contribution is 6.33. The molecule has 2 heterocycles. The van der Waals surface area contributed by atoms with Gasteiger partial charge in [-0.3, -0.25) is 9.78 Å². The summed E-state index contributed by atoms with van der Waals surface area (Å²) in [5.74, 6) is 1.04. The van der Waals surface area contributed by atoms with Crippen molar-refractivity contribution < 1.29 is 4.74 Å². The molecule has 1 aromatic carbocycles. The molecule has 3 rings (SSSR count). The standard InChI is InChI=1S/C20H24ClN3O2/c1-11(2)7-13(22)10-26-18-9-17-15(8-16(18)21)14-5-6-23-12(3)19(14)20(25)24(17)4/h5-6,8-9,11,13H,7,10,22H2,1-4H3. The number of fused-ring (bicyclic) bond motifs is 3. The Morgan fingerprint density at radius 1 is 1.31 bits per heavy atom. The van der Waals surface area contributed by atoms with Crippen LogP contribution in [-0.2, 0) is 7.05 Å². The molecular weight excluding hydrogens is 350 g/mol. The first-order chi connectivity index (χ1) is 12.3. The Kier molecular flexibility index (Phi) is 5.21. The van der Waals surface area contributed by atoms with E-state index in [4.69, 9.17) is 22.1 Å². The highest BCUT2D eigenvalue weighted by Crippen LogP contribution is 2.33. The third-order valence-electron chi connectivity index (χ3n) is 4.59. The van der Waals surface area contributed by atoms with Gasteiger partial charge in [0.05, 0.1) is 21.6 Å². The molecule has 0 saturated carbocycles. The van der Waals surface area contributed by atoms with E-state index in [-0.39, 0.29) is 11.6 Å². The van der Waals surface area contributed by atoms with E-state index in [1.54, 1.807) is 17.8 Å². The van der Waals surface area contributed by atoms with Crippen molar-refractivity contribution in [3.63, 3.8) is 0 Å². The van der Waals surface area contributed by atoms with Crippen molar-refractivity contribution in [2.24, 2.45) is 18.7 Å². The van der Waals surface area contributed by atoms with Gasteiger partial charge in [-0.2, -0.15) is 0 Å². The van der Waals surface area contributed by atoms with Crippen molar-refractivity contribution in [2.45, 2.75) is 33.2 Å². The van der Waals surface area contributed by atoms with Crippen molar-refractivity contribution >= 4 is 33.3 Å². The third kappa shape index (κ3) is 3.41. The minimum absolute atomic E-state index is 0.0593. The van der Waals surface area contributed by atoms with E-state index < -0.39 is 0 Å². The molecule has 0 amide bonds. The summed E-state index contributed by atoms with van der Waals surface area (Å²) in [6.07, 6.45) is 2.58. The molecule has 1 atom stereocenters. The van der Waals surface area contributed by atoms with Gasteiger partial charge in [0.15, 0.2) is 0 Å². The molecule has 0 spiro atoms. The molecule has 0 bridgehead atoms. The molecule has 0 fully saturated rings. The number of nitrogens with zero attached hydrogens (tertiary/aromatic N) is 2. The average Bonchev–Trinajstić information content (AvgIpc) is 2.57. The fourth-order valence-electron chi connectivity index (χ4n) is 3.35. The Morgan fingerprint density at radius 2 is 2.04 bits per heavy atom. The van der Waals surface area contributed by atoms with Crippen molar-refractivity contribution in [1.82, 2.24) is 9.55 Å². The van der Waals surface area contributed by atoms with Crippen LogP contribution in [0.15, 0.2) is 29.2 Å². The van der Waals surface area contributed by atoms with Crippen LogP contribution in [-0.4, -0.2) is 22.2 Å². The summed E-state index contributed by atoms with van der Waals surface area (Å²) in [6.45, 7) is 6.47. The fourth-order valence-corrected chi connectivity index (χ4v) is 3.57. The lowest BCUT2D eigenvalue weighted by Crippen LogP contribution is -2.29. The van der Waals surface area contributed by atoms with Gasteiger partial charge in [-0.15, -0.1) is 0 Å². The number of halogens is 1. The predicted molar refractivity (Wildman–Crippen MR) is 107 cm³/mol. The van der Waals surface area contributed by atoms with E-state index in [1.807, 2.05) is 25.1 Å². The van der Waals surface area contributed by atoms with Gasteiger partial charge in [0.1, 0.15) is 12.4 Å². The van der Waals surface area contributed by atoms with Crippen LogP contribution in [0.1, 0.15) is 26.0 Å². The summed E-state index contributed by atoms with van der Waals surface area (Å²) >= 11 is 6.46. The van der Waals surface area contributed by atoms with Gasteiger partial charge in [-0.1, -0.05) is 25.4 Å². The molecule has 0 radical (unpaired) electrons. The molecule has 0 aliphatic carbocycles. The number of hydrogen-bond acceptors (Lipinski definition) is 4. The third-order valence-corrected chi connectivity index (χ3v) is 4.88. The number of aromatic nitrogens is 2. The monoisotopic (exact) mass is 373 g/mol. The van der Waals surface area contributed by atoms with Crippen LogP contribution in [0.5, 0.6) is 5.75 Å². The molecule has 1 unspecified atom stereocenters. The second-order valence-corrected chi connectivity index (χ2v) is 7.59. The number of rotatable bonds is 5. The quantitative estimate of drug-likeness (QED) is 0.690. The van der Waals surface area contributed by atoms with Crippen molar-refractivity contribution in [1.29, 1.82) is 0 Å². The summed E-state index contributed by atoms with van der Waals surface area (Å²) in [7, 11) is 1.75. The molecule has 138 valence electrons. The lowest BCUT2D eigenvalue weighted by molar-refractivity contribution is 0.271. The molecule has 6 heteroatoms. The van der Waals surface area contributed by atoms with Gasteiger partial charge in [0.2, 0.25) is 0 Å². The molecule has 5 nitrogen and oxygen atoms in total. The zero-order chi connectivity index (χ0) is 19.0. The zero-order valence-electron chi connectivity index (χ0n) is 15.5.